The minimum absolute atomic E-state index is 0.0835. The van der Waals surface area contributed by atoms with E-state index in [0.29, 0.717) is 25.7 Å². The van der Waals surface area contributed by atoms with Crippen LogP contribution in [-0.4, -0.2) is 64.6 Å². The van der Waals surface area contributed by atoms with Crippen molar-refractivity contribution in [2.24, 2.45) is 17.8 Å². The maximum atomic E-state index is 12.5. The van der Waals surface area contributed by atoms with E-state index in [1.165, 1.54) is 77.0 Å². The van der Waals surface area contributed by atoms with Gasteiger partial charge in [-0.3, -0.25) is 14.4 Å². The van der Waals surface area contributed by atoms with Crippen LogP contribution in [0, 0.1) is 17.8 Å². The molecule has 0 bridgehead atoms. The third-order valence-corrected chi connectivity index (χ3v) is 10.4. The molecular formula is C43H78O8. The molecule has 1 saturated carbocycles. The molecule has 8 heteroatoms. The first-order valence-electron chi connectivity index (χ1n) is 21.2. The van der Waals surface area contributed by atoms with Crippen molar-refractivity contribution >= 4 is 17.7 Å². The third kappa shape index (κ3) is 25.8. The zero-order chi connectivity index (χ0) is 37.5. The van der Waals surface area contributed by atoms with Crippen LogP contribution in [-0.2, 0) is 23.9 Å². The molecule has 298 valence electrons. The van der Waals surface area contributed by atoms with Crippen LogP contribution in [0.25, 0.3) is 0 Å². The van der Waals surface area contributed by atoms with E-state index in [-0.39, 0.29) is 55.6 Å². The number of unbranched alkanes of at least 4 members (excludes halogenated alkanes) is 18. The van der Waals surface area contributed by atoms with Crippen LogP contribution in [0.15, 0.2) is 12.2 Å². The summed E-state index contributed by atoms with van der Waals surface area (Å²) in [4.78, 5) is 36.9. The van der Waals surface area contributed by atoms with Crippen molar-refractivity contribution in [3.63, 3.8) is 0 Å². The first kappa shape index (κ1) is 47.3. The molecule has 8 nitrogen and oxygen atoms in total. The summed E-state index contributed by atoms with van der Waals surface area (Å²) in [6.07, 6.45) is 28.9. The number of Topliss-reactive ketones (excluding diaryl/α,β-unsaturated/α-hetero) is 1. The van der Waals surface area contributed by atoms with Crippen LogP contribution < -0.4 is 0 Å². The second-order valence-corrected chi connectivity index (χ2v) is 15.7. The fourth-order valence-electron chi connectivity index (χ4n) is 7.11. The first-order valence-corrected chi connectivity index (χ1v) is 21.2. The summed E-state index contributed by atoms with van der Waals surface area (Å²) < 4.78 is 10.6. The maximum absolute atomic E-state index is 12.5. The molecule has 1 rings (SSSR count). The average Bonchev–Trinajstić information content (AvgIpc) is 3.37. The Morgan fingerprint density at radius 2 is 1.25 bits per heavy atom. The smallest absolute Gasteiger partial charge is 0.306 e. The van der Waals surface area contributed by atoms with Crippen LogP contribution >= 0.6 is 0 Å². The Kier molecular flexibility index (Phi) is 29.4. The van der Waals surface area contributed by atoms with Gasteiger partial charge in [-0.05, 0) is 31.6 Å². The van der Waals surface area contributed by atoms with Gasteiger partial charge in [-0.15, -0.1) is 0 Å². The molecule has 1 aliphatic carbocycles. The molecule has 3 N–H and O–H groups in total. The summed E-state index contributed by atoms with van der Waals surface area (Å²) in [5.74, 6) is -0.299. The second kappa shape index (κ2) is 31.7. The Hall–Kier alpha value is -1.77. The molecule has 0 saturated heterocycles. The monoisotopic (exact) mass is 723 g/mol. The zero-order valence-electron chi connectivity index (χ0n) is 33.0. The summed E-state index contributed by atoms with van der Waals surface area (Å²) in [6, 6.07) is 0. The summed E-state index contributed by atoms with van der Waals surface area (Å²) in [5, 5.41) is 30.2. The van der Waals surface area contributed by atoms with Crippen LogP contribution in [0.5, 0.6) is 0 Å². The lowest BCUT2D eigenvalue weighted by Gasteiger charge is -2.18. The molecular weight excluding hydrogens is 644 g/mol. The van der Waals surface area contributed by atoms with Gasteiger partial charge in [0.2, 0.25) is 0 Å². The highest BCUT2D eigenvalue weighted by molar-refractivity contribution is 5.84. The van der Waals surface area contributed by atoms with E-state index in [1.807, 2.05) is 6.08 Å². The predicted octanol–water partition coefficient (Wildman–Crippen LogP) is 9.74. The van der Waals surface area contributed by atoms with Crippen molar-refractivity contribution in [1.29, 1.82) is 0 Å². The molecule has 1 aliphatic rings. The molecule has 0 aromatic carbocycles. The van der Waals surface area contributed by atoms with Gasteiger partial charge in [-0.1, -0.05) is 161 Å². The average molecular weight is 723 g/mol. The first-order chi connectivity index (χ1) is 24.7. The number of ether oxygens (including phenoxy) is 2. The minimum atomic E-state index is -0.843. The van der Waals surface area contributed by atoms with Crippen molar-refractivity contribution in [3.05, 3.63) is 12.2 Å². The van der Waals surface area contributed by atoms with Gasteiger partial charge in [0.1, 0.15) is 12.4 Å². The largest absolute Gasteiger partial charge is 0.462 e. The van der Waals surface area contributed by atoms with Crippen molar-refractivity contribution < 1.29 is 39.2 Å². The normalized spacial score (nSPS) is 18.9. The van der Waals surface area contributed by atoms with Crippen molar-refractivity contribution in [2.75, 3.05) is 13.2 Å². The molecule has 0 radical (unpaired) electrons. The number of esters is 2. The molecule has 0 amide bonds. The molecule has 0 aromatic heterocycles. The number of aliphatic hydroxyl groups excluding tert-OH is 3. The summed E-state index contributed by atoms with van der Waals surface area (Å²) in [7, 11) is 0. The quantitative estimate of drug-likeness (QED) is 0.0340. The van der Waals surface area contributed by atoms with Gasteiger partial charge >= 0.3 is 11.9 Å². The lowest BCUT2D eigenvalue weighted by atomic mass is 9.88. The van der Waals surface area contributed by atoms with Crippen LogP contribution in [0.2, 0.25) is 0 Å². The van der Waals surface area contributed by atoms with E-state index >= 15 is 0 Å². The highest BCUT2D eigenvalue weighted by Crippen LogP contribution is 2.34. The van der Waals surface area contributed by atoms with Gasteiger partial charge in [0, 0.05) is 31.1 Å². The SMILES string of the molecule is CCCCC[C@H](O)/C=C/[C@H]1[C@H](O)CC(=O)[C@@H]1CCCCCCC(=O)OC[C@H](CO)OC(=O)CCCCCCCCCCCCCCCCC(C)C. The number of ketones is 1. The van der Waals surface area contributed by atoms with Gasteiger partial charge < -0.3 is 24.8 Å². The lowest BCUT2D eigenvalue weighted by Crippen LogP contribution is -2.28. The second-order valence-electron chi connectivity index (χ2n) is 15.7. The number of carbonyl (C=O) groups is 3. The van der Waals surface area contributed by atoms with E-state index in [9.17, 15) is 29.7 Å². The topological polar surface area (TPSA) is 130 Å². The molecule has 0 heterocycles. The molecule has 0 unspecified atom stereocenters. The van der Waals surface area contributed by atoms with Gasteiger partial charge in [-0.25, -0.2) is 0 Å². The fourth-order valence-corrected chi connectivity index (χ4v) is 7.11. The highest BCUT2D eigenvalue weighted by atomic mass is 16.6. The highest BCUT2D eigenvalue weighted by Gasteiger charge is 2.39. The Bertz CT molecular complexity index is 902. The number of hydrogen-bond donors (Lipinski definition) is 3. The summed E-state index contributed by atoms with van der Waals surface area (Å²) in [5.41, 5.74) is 0. The lowest BCUT2D eigenvalue weighted by molar-refractivity contribution is -0.161. The Balaban J connectivity index is 2.04. The number of carbonyl (C=O) groups excluding carboxylic acids is 3. The van der Waals surface area contributed by atoms with E-state index in [1.54, 1.807) is 6.08 Å². The van der Waals surface area contributed by atoms with Crippen molar-refractivity contribution in [2.45, 2.75) is 212 Å². The van der Waals surface area contributed by atoms with Gasteiger partial charge in [-0.2, -0.15) is 0 Å². The van der Waals surface area contributed by atoms with Crippen LogP contribution in [0.1, 0.15) is 194 Å². The fraction of sp³-hybridized carbons (Fsp3) is 0.884. The molecule has 0 spiro atoms. The number of hydrogen-bond acceptors (Lipinski definition) is 8. The van der Waals surface area contributed by atoms with Crippen LogP contribution in [0.3, 0.4) is 0 Å². The van der Waals surface area contributed by atoms with Gasteiger partial charge in [0.15, 0.2) is 6.10 Å². The number of rotatable bonds is 34. The molecule has 0 aliphatic heterocycles. The van der Waals surface area contributed by atoms with Crippen molar-refractivity contribution in [1.82, 2.24) is 0 Å². The Morgan fingerprint density at radius 1 is 0.745 bits per heavy atom. The standard InChI is InChI=1S/C43H78O8/c1-4-5-20-26-36(45)30-31-39-38(40(46)32-41(39)47)27-22-18-19-23-28-42(48)50-34-37(33-44)51-43(49)29-24-17-15-13-11-9-7-6-8-10-12-14-16-21-25-35(2)3/h30-31,35-39,41,44-45,47H,4-29,32-34H2,1-3H3/b31-30+/t36-,37-,38+,39+,41+/m0/s1. The Morgan fingerprint density at radius 3 is 1.80 bits per heavy atom. The van der Waals surface area contributed by atoms with E-state index in [0.717, 1.165) is 63.7 Å². The minimum Gasteiger partial charge on any atom is -0.462 e. The predicted molar refractivity (Wildman–Crippen MR) is 206 cm³/mol. The number of aliphatic hydroxyl groups is 3. The molecule has 0 aromatic rings. The van der Waals surface area contributed by atoms with Crippen LogP contribution in [0.4, 0.5) is 0 Å². The van der Waals surface area contributed by atoms with Crippen molar-refractivity contribution in [3.8, 4) is 0 Å². The summed E-state index contributed by atoms with van der Waals surface area (Å²) >= 11 is 0. The van der Waals surface area contributed by atoms with E-state index in [2.05, 4.69) is 20.8 Å². The van der Waals surface area contributed by atoms with Gasteiger partial charge in [0.05, 0.1) is 18.8 Å². The molecule has 5 atom stereocenters. The summed E-state index contributed by atoms with van der Waals surface area (Å²) in [6.45, 7) is 6.20. The van der Waals surface area contributed by atoms with Gasteiger partial charge in [0.25, 0.3) is 0 Å². The van der Waals surface area contributed by atoms with E-state index in [4.69, 9.17) is 9.47 Å². The Labute approximate surface area is 311 Å². The molecule has 51 heavy (non-hydrogen) atoms. The third-order valence-electron chi connectivity index (χ3n) is 10.4. The van der Waals surface area contributed by atoms with E-state index < -0.39 is 18.3 Å². The molecule has 1 fully saturated rings. The maximum Gasteiger partial charge on any atom is 0.306 e. The zero-order valence-corrected chi connectivity index (χ0v) is 33.0.